The van der Waals surface area contributed by atoms with E-state index in [-0.39, 0.29) is 5.56 Å². The topological polar surface area (TPSA) is 64.2 Å². The second kappa shape index (κ2) is 4.70. The average Bonchev–Trinajstić information content (AvgIpc) is 2.53. The standard InChI is InChI=1S/C12H11ClN2O3/c1-7-10(12(17)18-15(7)2)11(16)14-9-5-3-4-8(13)6-9/h3-6H,1-2H3,(H,14,16). The van der Waals surface area contributed by atoms with E-state index >= 15 is 0 Å². The lowest BCUT2D eigenvalue weighted by Gasteiger charge is -2.03. The molecule has 94 valence electrons. The summed E-state index contributed by atoms with van der Waals surface area (Å²) in [6.45, 7) is 1.64. The number of aryl methyl sites for hydroxylation is 1. The summed E-state index contributed by atoms with van der Waals surface area (Å²) in [5.41, 5.74) is 0.335. The first-order valence-electron chi connectivity index (χ1n) is 5.23. The SMILES string of the molecule is Cc1c(C(=O)Nc2cccc(Cl)c2)c(=O)on1C. The highest BCUT2D eigenvalue weighted by Crippen LogP contribution is 2.16. The van der Waals surface area contributed by atoms with Crippen molar-refractivity contribution in [3.05, 3.63) is 51.0 Å². The lowest BCUT2D eigenvalue weighted by atomic mass is 10.2. The Kier molecular flexibility index (Phi) is 3.25. The largest absolute Gasteiger partial charge is 0.370 e. The van der Waals surface area contributed by atoms with Crippen molar-refractivity contribution in [2.75, 3.05) is 5.32 Å². The molecule has 0 radical (unpaired) electrons. The number of rotatable bonds is 2. The first kappa shape index (κ1) is 12.4. The Labute approximate surface area is 108 Å². The second-order valence-electron chi connectivity index (χ2n) is 3.80. The number of amides is 1. The van der Waals surface area contributed by atoms with E-state index in [2.05, 4.69) is 5.32 Å². The second-order valence-corrected chi connectivity index (χ2v) is 4.24. The van der Waals surface area contributed by atoms with Crippen LogP contribution in [0, 0.1) is 6.92 Å². The van der Waals surface area contributed by atoms with Crippen LogP contribution in [0.2, 0.25) is 5.02 Å². The van der Waals surface area contributed by atoms with Crippen molar-refractivity contribution in [2.45, 2.75) is 6.92 Å². The molecule has 1 aromatic heterocycles. The minimum Gasteiger partial charge on any atom is -0.336 e. The molecular weight excluding hydrogens is 256 g/mol. The van der Waals surface area contributed by atoms with Gasteiger partial charge in [-0.05, 0) is 25.1 Å². The monoisotopic (exact) mass is 266 g/mol. The van der Waals surface area contributed by atoms with Crippen LogP contribution in [0.1, 0.15) is 16.1 Å². The van der Waals surface area contributed by atoms with Crippen LogP contribution in [0.3, 0.4) is 0 Å². The molecule has 1 heterocycles. The Hall–Kier alpha value is -2.01. The molecule has 0 fully saturated rings. The molecule has 0 unspecified atom stereocenters. The van der Waals surface area contributed by atoms with Crippen LogP contribution in [0.5, 0.6) is 0 Å². The van der Waals surface area contributed by atoms with Crippen LogP contribution >= 0.6 is 11.6 Å². The van der Waals surface area contributed by atoms with Gasteiger partial charge in [-0.3, -0.25) is 4.79 Å². The zero-order valence-corrected chi connectivity index (χ0v) is 10.6. The van der Waals surface area contributed by atoms with Crippen LogP contribution in [-0.2, 0) is 7.05 Å². The Balaban J connectivity index is 2.30. The predicted molar refractivity (Wildman–Crippen MR) is 68.1 cm³/mol. The highest BCUT2D eigenvalue weighted by Gasteiger charge is 2.19. The predicted octanol–water partition coefficient (Wildman–Crippen LogP) is 2.19. The summed E-state index contributed by atoms with van der Waals surface area (Å²) in [6, 6.07) is 6.68. The number of carbonyl (C=O) groups excluding carboxylic acids is 1. The van der Waals surface area contributed by atoms with Crippen molar-refractivity contribution in [3.63, 3.8) is 0 Å². The summed E-state index contributed by atoms with van der Waals surface area (Å²) in [5, 5.41) is 3.10. The van der Waals surface area contributed by atoms with Gasteiger partial charge in [-0.2, -0.15) is 0 Å². The molecule has 2 rings (SSSR count). The van der Waals surface area contributed by atoms with E-state index in [9.17, 15) is 9.59 Å². The molecule has 6 heteroatoms. The molecule has 1 aromatic carbocycles. The van der Waals surface area contributed by atoms with Gasteiger partial charge in [0.25, 0.3) is 5.91 Å². The normalized spacial score (nSPS) is 10.4. The maximum atomic E-state index is 12.0. The minimum absolute atomic E-state index is 0.00234. The van der Waals surface area contributed by atoms with Gasteiger partial charge in [0.15, 0.2) is 0 Å². The molecule has 0 aliphatic rings. The third-order valence-electron chi connectivity index (χ3n) is 2.57. The van der Waals surface area contributed by atoms with Crippen molar-refractivity contribution in [1.82, 2.24) is 4.74 Å². The van der Waals surface area contributed by atoms with E-state index in [0.717, 1.165) is 0 Å². The van der Waals surface area contributed by atoms with Crippen LogP contribution < -0.4 is 10.9 Å². The fraction of sp³-hybridized carbons (Fsp3) is 0.167. The molecule has 0 atom stereocenters. The van der Waals surface area contributed by atoms with Gasteiger partial charge in [-0.1, -0.05) is 17.7 Å². The Bertz CT molecular complexity index is 658. The lowest BCUT2D eigenvalue weighted by molar-refractivity contribution is 0.102. The van der Waals surface area contributed by atoms with Gasteiger partial charge >= 0.3 is 5.63 Å². The van der Waals surface area contributed by atoms with Gasteiger partial charge < -0.3 is 9.84 Å². The molecule has 5 nitrogen and oxygen atoms in total. The van der Waals surface area contributed by atoms with Crippen LogP contribution in [-0.4, -0.2) is 10.6 Å². The summed E-state index contributed by atoms with van der Waals surface area (Å²) < 4.78 is 6.06. The fourth-order valence-corrected chi connectivity index (χ4v) is 1.75. The zero-order valence-electron chi connectivity index (χ0n) is 9.86. The highest BCUT2D eigenvalue weighted by molar-refractivity contribution is 6.30. The van der Waals surface area contributed by atoms with E-state index in [1.165, 1.54) is 4.74 Å². The Morgan fingerprint density at radius 1 is 1.44 bits per heavy atom. The van der Waals surface area contributed by atoms with Gasteiger partial charge in [-0.25, -0.2) is 9.53 Å². The Morgan fingerprint density at radius 3 is 2.72 bits per heavy atom. The molecule has 0 aliphatic heterocycles. The highest BCUT2D eigenvalue weighted by atomic mass is 35.5. The fourth-order valence-electron chi connectivity index (χ4n) is 1.56. The van der Waals surface area contributed by atoms with Crippen LogP contribution in [0.15, 0.2) is 33.6 Å². The van der Waals surface area contributed by atoms with Crippen molar-refractivity contribution >= 4 is 23.2 Å². The van der Waals surface area contributed by atoms with Crippen LogP contribution in [0.4, 0.5) is 5.69 Å². The molecule has 0 saturated carbocycles. The quantitative estimate of drug-likeness (QED) is 0.906. The van der Waals surface area contributed by atoms with Gasteiger partial charge in [0.1, 0.15) is 5.56 Å². The first-order chi connectivity index (χ1) is 8.49. The third-order valence-corrected chi connectivity index (χ3v) is 2.80. The van der Waals surface area contributed by atoms with Crippen molar-refractivity contribution < 1.29 is 9.32 Å². The van der Waals surface area contributed by atoms with E-state index in [1.807, 2.05) is 0 Å². The molecule has 1 amide bonds. The van der Waals surface area contributed by atoms with E-state index in [0.29, 0.717) is 16.4 Å². The number of anilines is 1. The minimum atomic E-state index is -0.658. The lowest BCUT2D eigenvalue weighted by Crippen LogP contribution is -2.19. The number of benzene rings is 1. The van der Waals surface area contributed by atoms with Gasteiger partial charge in [0, 0.05) is 17.8 Å². The van der Waals surface area contributed by atoms with Gasteiger partial charge in [0.2, 0.25) is 0 Å². The van der Waals surface area contributed by atoms with Gasteiger partial charge in [0.05, 0.1) is 5.69 Å². The number of aromatic nitrogens is 1. The van der Waals surface area contributed by atoms with E-state index < -0.39 is 11.5 Å². The maximum Gasteiger partial charge on any atom is 0.370 e. The smallest absolute Gasteiger partial charge is 0.336 e. The summed E-state index contributed by atoms with van der Waals surface area (Å²) in [5.74, 6) is -0.510. The molecule has 2 aromatic rings. The van der Waals surface area contributed by atoms with E-state index in [4.69, 9.17) is 16.1 Å². The number of nitrogens with zero attached hydrogens (tertiary/aromatic N) is 1. The molecule has 18 heavy (non-hydrogen) atoms. The van der Waals surface area contributed by atoms with E-state index in [1.54, 1.807) is 38.2 Å². The number of nitrogens with one attached hydrogen (secondary N) is 1. The van der Waals surface area contributed by atoms with Crippen molar-refractivity contribution in [1.29, 1.82) is 0 Å². The number of halogens is 1. The maximum absolute atomic E-state index is 12.0. The number of hydrogen-bond donors (Lipinski definition) is 1. The molecule has 1 N–H and O–H groups in total. The molecule has 0 bridgehead atoms. The summed E-state index contributed by atoms with van der Waals surface area (Å²) in [7, 11) is 1.56. The number of hydrogen-bond acceptors (Lipinski definition) is 3. The van der Waals surface area contributed by atoms with Crippen LogP contribution in [0.25, 0.3) is 0 Å². The molecule has 0 saturated heterocycles. The Morgan fingerprint density at radius 2 is 2.17 bits per heavy atom. The van der Waals surface area contributed by atoms with Crippen molar-refractivity contribution in [3.8, 4) is 0 Å². The molecule has 0 spiro atoms. The summed E-state index contributed by atoms with van der Waals surface area (Å²) in [4.78, 5) is 23.4. The summed E-state index contributed by atoms with van der Waals surface area (Å²) in [6.07, 6.45) is 0. The zero-order chi connectivity index (χ0) is 13.3. The first-order valence-corrected chi connectivity index (χ1v) is 5.60. The molecular formula is C12H11ClN2O3. The number of carbonyl (C=O) groups is 1. The molecule has 0 aliphatic carbocycles. The summed E-state index contributed by atoms with van der Waals surface area (Å²) >= 11 is 5.81. The third kappa shape index (κ3) is 2.31. The average molecular weight is 267 g/mol. The van der Waals surface area contributed by atoms with Gasteiger partial charge in [-0.15, -0.1) is 0 Å². The van der Waals surface area contributed by atoms with Crippen molar-refractivity contribution in [2.24, 2.45) is 7.05 Å².